The summed E-state index contributed by atoms with van der Waals surface area (Å²) in [5, 5.41) is 8.74. The number of nitriles is 1. The Kier molecular flexibility index (Phi) is 4.60. The topological polar surface area (TPSA) is 53.3 Å². The minimum absolute atomic E-state index is 0.148. The van der Waals surface area contributed by atoms with Gasteiger partial charge >= 0.3 is 6.09 Å². The zero-order chi connectivity index (χ0) is 12.2. The molecular weight excluding hydrogens is 192 g/mol. The van der Waals surface area contributed by atoms with Crippen LogP contribution in [-0.2, 0) is 4.74 Å². The van der Waals surface area contributed by atoms with Crippen molar-refractivity contribution >= 4 is 6.09 Å². The Morgan fingerprint density at radius 2 is 1.87 bits per heavy atom. The molecule has 0 saturated carbocycles. The predicted molar refractivity (Wildman–Crippen MR) is 58.2 cm³/mol. The molecular formula is C11H20N2O2. The highest BCUT2D eigenvalue weighted by molar-refractivity contribution is 5.68. The van der Waals surface area contributed by atoms with Gasteiger partial charge in [-0.25, -0.2) is 4.79 Å². The van der Waals surface area contributed by atoms with Crippen LogP contribution in [0.25, 0.3) is 0 Å². The van der Waals surface area contributed by atoms with Crippen LogP contribution in [0.5, 0.6) is 0 Å². The number of amides is 1. The van der Waals surface area contributed by atoms with Crippen molar-refractivity contribution in [2.75, 3.05) is 7.05 Å². The molecule has 15 heavy (non-hydrogen) atoms. The monoisotopic (exact) mass is 212 g/mol. The molecule has 0 aromatic carbocycles. The molecule has 0 fully saturated rings. The lowest BCUT2D eigenvalue weighted by Crippen LogP contribution is -2.41. The van der Waals surface area contributed by atoms with Gasteiger partial charge in [-0.3, -0.25) is 0 Å². The Hall–Kier alpha value is -1.24. The summed E-state index contributed by atoms with van der Waals surface area (Å²) in [6.07, 6.45) is -0.392. The lowest BCUT2D eigenvalue weighted by molar-refractivity contribution is 0.0211. The maximum Gasteiger partial charge on any atom is 0.410 e. The summed E-state index contributed by atoms with van der Waals surface area (Å²) in [5.41, 5.74) is -0.499. The molecule has 2 atom stereocenters. The largest absolute Gasteiger partial charge is 0.444 e. The molecule has 0 spiro atoms. The van der Waals surface area contributed by atoms with Crippen molar-refractivity contribution < 1.29 is 9.53 Å². The van der Waals surface area contributed by atoms with Gasteiger partial charge in [-0.2, -0.15) is 5.26 Å². The van der Waals surface area contributed by atoms with E-state index in [2.05, 4.69) is 6.07 Å². The average molecular weight is 212 g/mol. The van der Waals surface area contributed by atoms with Gasteiger partial charge in [-0.15, -0.1) is 0 Å². The predicted octanol–water partition coefficient (Wildman–Crippen LogP) is 2.40. The molecule has 0 rings (SSSR count). The van der Waals surface area contributed by atoms with E-state index in [0.29, 0.717) is 0 Å². The first-order chi connectivity index (χ1) is 6.69. The highest BCUT2D eigenvalue weighted by Crippen LogP contribution is 2.14. The summed E-state index contributed by atoms with van der Waals surface area (Å²) < 4.78 is 5.19. The van der Waals surface area contributed by atoms with Gasteiger partial charge < -0.3 is 9.64 Å². The van der Waals surface area contributed by atoms with Crippen LogP contribution in [0.3, 0.4) is 0 Å². The summed E-state index contributed by atoms with van der Waals surface area (Å²) in [4.78, 5) is 13.1. The Morgan fingerprint density at radius 3 is 2.20 bits per heavy atom. The zero-order valence-corrected chi connectivity index (χ0v) is 10.4. The molecule has 0 aliphatic carbocycles. The third-order valence-electron chi connectivity index (χ3n) is 2.22. The number of carbonyl (C=O) groups excluding carboxylic acids is 1. The molecule has 0 saturated heterocycles. The molecule has 4 nitrogen and oxygen atoms in total. The maximum absolute atomic E-state index is 11.6. The summed E-state index contributed by atoms with van der Waals surface area (Å²) in [6, 6.07) is 1.97. The summed E-state index contributed by atoms with van der Waals surface area (Å²) in [6.45, 7) is 9.06. The second-order valence-electron chi connectivity index (χ2n) is 4.75. The minimum atomic E-state index is -0.499. The Bertz CT molecular complexity index is 263. The van der Waals surface area contributed by atoms with E-state index < -0.39 is 11.7 Å². The number of ether oxygens (including phenoxy) is 1. The van der Waals surface area contributed by atoms with E-state index in [1.54, 1.807) is 14.0 Å². The molecule has 0 aromatic rings. The van der Waals surface area contributed by atoms with Gasteiger partial charge in [0.15, 0.2) is 0 Å². The van der Waals surface area contributed by atoms with Crippen molar-refractivity contribution in [2.45, 2.75) is 46.3 Å². The van der Waals surface area contributed by atoms with Crippen LogP contribution in [0.2, 0.25) is 0 Å². The molecule has 0 bridgehead atoms. The van der Waals surface area contributed by atoms with Gasteiger partial charge in [-0.05, 0) is 34.6 Å². The van der Waals surface area contributed by atoms with E-state index in [9.17, 15) is 4.79 Å². The van der Waals surface area contributed by atoms with Crippen LogP contribution < -0.4 is 0 Å². The van der Waals surface area contributed by atoms with Gasteiger partial charge in [0.05, 0.1) is 12.0 Å². The van der Waals surface area contributed by atoms with Crippen molar-refractivity contribution in [2.24, 2.45) is 5.92 Å². The molecule has 4 heteroatoms. The van der Waals surface area contributed by atoms with E-state index >= 15 is 0 Å². The number of hydrogen-bond acceptors (Lipinski definition) is 3. The van der Waals surface area contributed by atoms with Gasteiger partial charge in [0.25, 0.3) is 0 Å². The fourth-order valence-corrected chi connectivity index (χ4v) is 0.943. The Balaban J connectivity index is 4.40. The van der Waals surface area contributed by atoms with Gasteiger partial charge in [0, 0.05) is 13.1 Å². The second-order valence-corrected chi connectivity index (χ2v) is 4.75. The van der Waals surface area contributed by atoms with Crippen LogP contribution in [0.1, 0.15) is 34.6 Å². The highest BCUT2D eigenvalue weighted by atomic mass is 16.6. The summed E-state index contributed by atoms with van der Waals surface area (Å²) in [5.74, 6) is -0.206. The number of hydrogen-bond donors (Lipinski definition) is 0. The first-order valence-corrected chi connectivity index (χ1v) is 5.04. The molecule has 1 amide bonds. The molecule has 0 N–H and O–H groups in total. The zero-order valence-electron chi connectivity index (χ0n) is 10.4. The molecule has 0 heterocycles. The maximum atomic E-state index is 11.6. The van der Waals surface area contributed by atoms with Gasteiger partial charge in [-0.1, -0.05) is 0 Å². The van der Waals surface area contributed by atoms with E-state index in [1.807, 2.05) is 27.7 Å². The van der Waals surface area contributed by atoms with Crippen molar-refractivity contribution in [1.29, 1.82) is 5.26 Å². The lowest BCUT2D eigenvalue weighted by Gasteiger charge is -2.29. The SMILES string of the molecule is CC(C#N)C(C)N(C)C(=O)OC(C)(C)C. The fourth-order valence-electron chi connectivity index (χ4n) is 0.943. The van der Waals surface area contributed by atoms with E-state index in [0.717, 1.165) is 0 Å². The molecule has 0 aromatic heterocycles. The van der Waals surface area contributed by atoms with Crippen molar-refractivity contribution in [3.05, 3.63) is 0 Å². The quantitative estimate of drug-likeness (QED) is 0.706. The standard InChI is InChI=1S/C11H20N2O2/c1-8(7-12)9(2)13(6)10(14)15-11(3,4)5/h8-9H,1-6H3. The minimum Gasteiger partial charge on any atom is -0.444 e. The van der Waals surface area contributed by atoms with Gasteiger partial charge in [0.2, 0.25) is 0 Å². The number of nitrogens with zero attached hydrogens (tertiary/aromatic N) is 2. The average Bonchev–Trinajstić information content (AvgIpc) is 2.11. The fraction of sp³-hybridized carbons (Fsp3) is 0.818. The Labute approximate surface area is 91.8 Å². The van der Waals surface area contributed by atoms with Crippen LogP contribution in [0, 0.1) is 17.2 Å². The van der Waals surface area contributed by atoms with E-state index in [1.165, 1.54) is 4.90 Å². The number of rotatable bonds is 2. The smallest absolute Gasteiger partial charge is 0.410 e. The normalized spacial score (nSPS) is 15.0. The second kappa shape index (κ2) is 5.01. The van der Waals surface area contributed by atoms with E-state index in [4.69, 9.17) is 10.00 Å². The molecule has 86 valence electrons. The van der Waals surface area contributed by atoms with Crippen LogP contribution in [0.15, 0.2) is 0 Å². The number of carbonyl (C=O) groups is 1. The van der Waals surface area contributed by atoms with Gasteiger partial charge in [0.1, 0.15) is 5.60 Å². The third kappa shape index (κ3) is 4.68. The van der Waals surface area contributed by atoms with Crippen molar-refractivity contribution in [3.63, 3.8) is 0 Å². The summed E-state index contributed by atoms with van der Waals surface area (Å²) in [7, 11) is 1.65. The van der Waals surface area contributed by atoms with Crippen LogP contribution in [0.4, 0.5) is 4.79 Å². The first kappa shape index (κ1) is 13.8. The summed E-state index contributed by atoms with van der Waals surface area (Å²) >= 11 is 0. The molecule has 0 radical (unpaired) electrons. The Morgan fingerprint density at radius 1 is 1.40 bits per heavy atom. The lowest BCUT2D eigenvalue weighted by atomic mass is 10.1. The highest BCUT2D eigenvalue weighted by Gasteiger charge is 2.25. The van der Waals surface area contributed by atoms with Crippen LogP contribution in [-0.4, -0.2) is 29.7 Å². The molecule has 0 aliphatic rings. The van der Waals surface area contributed by atoms with E-state index in [-0.39, 0.29) is 12.0 Å². The van der Waals surface area contributed by atoms with Crippen molar-refractivity contribution in [1.82, 2.24) is 4.90 Å². The first-order valence-electron chi connectivity index (χ1n) is 5.04. The van der Waals surface area contributed by atoms with Crippen molar-refractivity contribution in [3.8, 4) is 6.07 Å². The molecule has 2 unspecified atom stereocenters. The van der Waals surface area contributed by atoms with Crippen LogP contribution >= 0.6 is 0 Å². The third-order valence-corrected chi connectivity index (χ3v) is 2.22. The molecule has 0 aliphatic heterocycles.